The summed E-state index contributed by atoms with van der Waals surface area (Å²) in [4.78, 5) is 38.1. The maximum absolute atomic E-state index is 14.0. The first kappa shape index (κ1) is 31.0. The molecule has 13 heteroatoms. The molecule has 2 heterocycles. The first-order valence-electron chi connectivity index (χ1n) is 13.2. The van der Waals surface area contributed by atoms with Gasteiger partial charge in [-0.15, -0.1) is 0 Å². The molecule has 1 aliphatic carbocycles. The zero-order chi connectivity index (χ0) is 29.9. The summed E-state index contributed by atoms with van der Waals surface area (Å²) in [7, 11) is 0. The number of anilines is 2. The van der Waals surface area contributed by atoms with E-state index in [1.165, 1.54) is 0 Å². The number of nitrogens with one attached hydrogen (secondary N) is 1. The van der Waals surface area contributed by atoms with E-state index in [9.17, 15) is 18.4 Å². The van der Waals surface area contributed by atoms with Crippen molar-refractivity contribution in [2.45, 2.75) is 77.5 Å². The fraction of sp³-hybridized carbons (Fsp3) is 0.464. The molecule has 2 aromatic heterocycles. The summed E-state index contributed by atoms with van der Waals surface area (Å²) in [5.74, 6) is -1.55. The number of hydrogen-bond donors (Lipinski definition) is 2. The van der Waals surface area contributed by atoms with Crippen LogP contribution in [0, 0.1) is 5.92 Å². The van der Waals surface area contributed by atoms with Crippen molar-refractivity contribution in [1.29, 1.82) is 0 Å². The first-order valence-corrected chi connectivity index (χ1v) is 14.4. The van der Waals surface area contributed by atoms with E-state index < -0.39 is 29.9 Å². The van der Waals surface area contributed by atoms with Gasteiger partial charge in [-0.1, -0.05) is 17.7 Å². The first-order chi connectivity index (χ1) is 19.3. The predicted octanol–water partition coefficient (Wildman–Crippen LogP) is 7.57. The fourth-order valence-corrected chi connectivity index (χ4v) is 5.33. The van der Waals surface area contributed by atoms with Crippen molar-refractivity contribution in [3.8, 4) is 0 Å². The smallest absolute Gasteiger partial charge is 0.420 e. The number of nitrogens with zero attached hydrogens (tertiary/aromatic N) is 4. The predicted molar refractivity (Wildman–Crippen MR) is 155 cm³/mol. The number of rotatable bonds is 8. The Morgan fingerprint density at radius 3 is 2.56 bits per heavy atom. The Kier molecular flexibility index (Phi) is 9.76. The third-order valence-corrected chi connectivity index (χ3v) is 7.94. The highest BCUT2D eigenvalue weighted by Gasteiger charge is 2.31. The molecule has 2 N–H and O–H groups in total. The number of benzene rings is 1. The van der Waals surface area contributed by atoms with Crippen LogP contribution in [0.5, 0.6) is 0 Å². The Balaban J connectivity index is 1.69. The van der Waals surface area contributed by atoms with Crippen molar-refractivity contribution < 1.29 is 28.2 Å². The van der Waals surface area contributed by atoms with Crippen molar-refractivity contribution in [1.82, 2.24) is 20.3 Å². The SMILES string of the molecule is CC(C)(C)OC(=O)N(c1cccc(Br)c1Cl)c1nc(C(F)F)nc2cc(CNC3CCC(CC(=O)O)CC3)cnc12. The molecule has 4 rings (SSSR count). The highest BCUT2D eigenvalue weighted by atomic mass is 79.9. The molecule has 1 aromatic carbocycles. The fourth-order valence-electron chi connectivity index (χ4n) is 4.76. The van der Waals surface area contributed by atoms with Gasteiger partial charge >= 0.3 is 12.1 Å². The van der Waals surface area contributed by atoms with E-state index in [0.29, 0.717) is 16.6 Å². The van der Waals surface area contributed by atoms with Crippen LogP contribution in [0.2, 0.25) is 5.02 Å². The normalized spacial score (nSPS) is 17.6. The highest BCUT2D eigenvalue weighted by molar-refractivity contribution is 9.10. The number of hydrogen-bond acceptors (Lipinski definition) is 7. The molecule has 1 aliphatic rings. The average Bonchev–Trinajstić information content (AvgIpc) is 2.89. The Bertz CT molecular complexity index is 1430. The molecule has 1 saturated carbocycles. The molecule has 0 atom stereocenters. The van der Waals surface area contributed by atoms with Gasteiger partial charge in [0, 0.05) is 29.7 Å². The van der Waals surface area contributed by atoms with E-state index in [1.807, 2.05) is 0 Å². The summed E-state index contributed by atoms with van der Waals surface area (Å²) in [5.41, 5.74) is 0.228. The van der Waals surface area contributed by atoms with Crippen molar-refractivity contribution in [2.75, 3.05) is 4.90 Å². The molecule has 0 spiro atoms. The van der Waals surface area contributed by atoms with Crippen LogP contribution in [0.1, 0.15) is 70.7 Å². The molecule has 0 saturated heterocycles. The second kappa shape index (κ2) is 12.9. The molecule has 1 amide bonds. The molecular weight excluding hydrogens is 624 g/mol. The molecular formula is C28H31BrClF2N5O4. The lowest BCUT2D eigenvalue weighted by molar-refractivity contribution is -0.138. The van der Waals surface area contributed by atoms with E-state index in [-0.39, 0.29) is 45.9 Å². The van der Waals surface area contributed by atoms with Crippen LogP contribution < -0.4 is 10.2 Å². The maximum atomic E-state index is 14.0. The molecule has 1 fully saturated rings. The topological polar surface area (TPSA) is 118 Å². The number of amides is 1. The van der Waals surface area contributed by atoms with Gasteiger partial charge in [-0.25, -0.2) is 28.4 Å². The lowest BCUT2D eigenvalue weighted by Gasteiger charge is -2.28. The van der Waals surface area contributed by atoms with Gasteiger partial charge in [0.1, 0.15) is 11.1 Å². The number of carboxylic acids is 1. The molecule has 0 radical (unpaired) electrons. The number of ether oxygens (including phenoxy) is 1. The van der Waals surface area contributed by atoms with Crippen molar-refractivity contribution in [3.05, 3.63) is 51.3 Å². The summed E-state index contributed by atoms with van der Waals surface area (Å²) < 4.78 is 34.1. The number of pyridine rings is 1. The van der Waals surface area contributed by atoms with Crippen LogP contribution in [0.3, 0.4) is 0 Å². The summed E-state index contributed by atoms with van der Waals surface area (Å²) in [5, 5.41) is 12.6. The largest absolute Gasteiger partial charge is 0.481 e. The Labute approximate surface area is 249 Å². The minimum Gasteiger partial charge on any atom is -0.481 e. The van der Waals surface area contributed by atoms with Crippen molar-refractivity contribution in [3.63, 3.8) is 0 Å². The zero-order valence-corrected chi connectivity index (χ0v) is 25.2. The van der Waals surface area contributed by atoms with Crippen LogP contribution in [0.25, 0.3) is 11.0 Å². The second-order valence-electron chi connectivity index (χ2n) is 11.0. The third-order valence-electron chi connectivity index (χ3n) is 6.65. The van der Waals surface area contributed by atoms with Crippen LogP contribution in [-0.2, 0) is 16.1 Å². The van der Waals surface area contributed by atoms with Gasteiger partial charge in [0.05, 0.1) is 16.2 Å². The number of halogens is 4. The quantitative estimate of drug-likeness (QED) is 0.255. The second-order valence-corrected chi connectivity index (χ2v) is 12.2. The molecule has 0 aliphatic heterocycles. The van der Waals surface area contributed by atoms with Crippen LogP contribution in [-0.4, -0.2) is 43.8 Å². The molecule has 0 bridgehead atoms. The summed E-state index contributed by atoms with van der Waals surface area (Å²) in [6.45, 7) is 5.47. The number of carbonyl (C=O) groups excluding carboxylic acids is 1. The zero-order valence-electron chi connectivity index (χ0n) is 22.8. The van der Waals surface area contributed by atoms with E-state index >= 15 is 0 Å². The van der Waals surface area contributed by atoms with E-state index in [0.717, 1.165) is 30.6 Å². The Morgan fingerprint density at radius 1 is 1.22 bits per heavy atom. The van der Waals surface area contributed by atoms with Crippen LogP contribution in [0.15, 0.2) is 34.9 Å². The van der Waals surface area contributed by atoms with Gasteiger partial charge in [-0.3, -0.25) is 9.78 Å². The van der Waals surface area contributed by atoms with E-state index in [4.69, 9.17) is 21.4 Å². The summed E-state index contributed by atoms with van der Waals surface area (Å²) in [6, 6.07) is 6.72. The lowest BCUT2D eigenvalue weighted by Crippen LogP contribution is -2.35. The third kappa shape index (κ3) is 7.87. The van der Waals surface area contributed by atoms with E-state index in [2.05, 4.69) is 36.2 Å². The monoisotopic (exact) mass is 653 g/mol. The van der Waals surface area contributed by atoms with Crippen molar-refractivity contribution >= 4 is 62.1 Å². The minimum atomic E-state index is -3.01. The average molecular weight is 655 g/mol. The van der Waals surface area contributed by atoms with E-state index in [1.54, 1.807) is 51.2 Å². The number of alkyl halides is 2. The highest BCUT2D eigenvalue weighted by Crippen LogP contribution is 2.39. The number of carbonyl (C=O) groups is 2. The minimum absolute atomic E-state index is 0.120. The van der Waals surface area contributed by atoms with Gasteiger partial charge in [0.15, 0.2) is 11.6 Å². The lowest BCUT2D eigenvalue weighted by atomic mass is 9.84. The van der Waals surface area contributed by atoms with Gasteiger partial charge in [-0.05, 0) is 92.1 Å². The molecule has 9 nitrogen and oxygen atoms in total. The standard InChI is InChI=1S/C28H31BrClF2N5O4/c1-28(2,3)41-27(40)37(20-6-4-5-18(29)22(20)30)26-23-19(35-25(36-26)24(31)32)11-16(14-34-23)13-33-17-9-7-15(8-10-17)12-21(38)39/h4-6,11,14-15,17,24,33H,7-10,12-13H2,1-3H3,(H,38,39). The maximum Gasteiger partial charge on any atom is 0.420 e. The number of aliphatic carboxylic acids is 1. The molecule has 41 heavy (non-hydrogen) atoms. The van der Waals surface area contributed by atoms with Gasteiger partial charge in [-0.2, -0.15) is 0 Å². The van der Waals surface area contributed by atoms with Crippen molar-refractivity contribution in [2.24, 2.45) is 5.92 Å². The summed E-state index contributed by atoms with van der Waals surface area (Å²) >= 11 is 9.88. The number of carboxylic acid groups (broad SMARTS) is 1. The Hall–Kier alpha value is -2.96. The van der Waals surface area contributed by atoms with Gasteiger partial charge in [0.25, 0.3) is 6.43 Å². The number of aromatic nitrogens is 3. The Morgan fingerprint density at radius 2 is 1.93 bits per heavy atom. The number of fused-ring (bicyclic) bond motifs is 1. The van der Waals surface area contributed by atoms with Crippen LogP contribution in [0.4, 0.5) is 25.1 Å². The van der Waals surface area contributed by atoms with Gasteiger partial charge < -0.3 is 15.2 Å². The molecule has 0 unspecified atom stereocenters. The van der Waals surface area contributed by atoms with Crippen LogP contribution >= 0.6 is 27.5 Å². The van der Waals surface area contributed by atoms with Gasteiger partial charge in [0.2, 0.25) is 0 Å². The molecule has 3 aromatic rings. The molecule has 220 valence electrons. The summed E-state index contributed by atoms with van der Waals surface area (Å²) in [6.07, 6.45) is 1.22.